The summed E-state index contributed by atoms with van der Waals surface area (Å²) in [5, 5.41) is 13.1. The lowest BCUT2D eigenvalue weighted by atomic mass is 9.96. The predicted octanol–water partition coefficient (Wildman–Crippen LogP) is 4.86. The predicted molar refractivity (Wildman–Crippen MR) is 96.5 cm³/mol. The highest BCUT2D eigenvalue weighted by atomic mass is 32.2. The molecule has 0 unspecified atom stereocenters. The zero-order valence-electron chi connectivity index (χ0n) is 13.0. The van der Waals surface area contributed by atoms with E-state index in [9.17, 15) is 10.1 Å². The molecule has 1 aliphatic carbocycles. The van der Waals surface area contributed by atoms with Gasteiger partial charge >= 0.3 is 0 Å². The summed E-state index contributed by atoms with van der Waals surface area (Å²) in [5.41, 5.74) is 2.44. The number of carbonyl (C=O) groups excluding carboxylic acids is 1. The molecule has 0 fully saturated rings. The van der Waals surface area contributed by atoms with Crippen molar-refractivity contribution in [3.8, 4) is 6.07 Å². The fraction of sp³-hybridized carbons (Fsp3) is 0.333. The Kier molecular flexibility index (Phi) is 5.04. The van der Waals surface area contributed by atoms with Crippen molar-refractivity contribution in [2.75, 3.05) is 11.1 Å². The first-order valence-electron chi connectivity index (χ1n) is 7.81. The van der Waals surface area contributed by atoms with Crippen molar-refractivity contribution < 1.29 is 4.79 Å². The van der Waals surface area contributed by atoms with Crippen LogP contribution in [0.3, 0.4) is 0 Å². The van der Waals surface area contributed by atoms with Crippen LogP contribution in [-0.4, -0.2) is 11.7 Å². The number of fused-ring (bicyclic) bond motifs is 1. The minimum Gasteiger partial charge on any atom is -0.312 e. The van der Waals surface area contributed by atoms with Crippen LogP contribution in [0, 0.1) is 11.3 Å². The molecular weight excluding hydrogens is 324 g/mol. The van der Waals surface area contributed by atoms with Crippen LogP contribution < -0.4 is 5.32 Å². The molecule has 5 heteroatoms. The summed E-state index contributed by atoms with van der Waals surface area (Å²) < 4.78 is 0. The van der Waals surface area contributed by atoms with Crippen LogP contribution in [0.15, 0.2) is 29.2 Å². The third-order valence-electron chi connectivity index (χ3n) is 3.94. The molecule has 0 aliphatic heterocycles. The highest BCUT2D eigenvalue weighted by molar-refractivity contribution is 7.99. The van der Waals surface area contributed by atoms with Gasteiger partial charge in [-0.2, -0.15) is 5.26 Å². The molecule has 0 spiro atoms. The average molecular weight is 342 g/mol. The van der Waals surface area contributed by atoms with E-state index in [2.05, 4.69) is 18.3 Å². The van der Waals surface area contributed by atoms with Crippen molar-refractivity contribution in [1.82, 2.24) is 0 Å². The molecule has 1 amide bonds. The lowest BCUT2D eigenvalue weighted by Gasteiger charge is -2.09. The Balaban J connectivity index is 1.80. The summed E-state index contributed by atoms with van der Waals surface area (Å²) in [6.45, 7) is 2.10. The number of benzene rings is 1. The number of thioether (sulfide) groups is 1. The first-order valence-corrected chi connectivity index (χ1v) is 9.62. The van der Waals surface area contributed by atoms with Crippen LogP contribution in [0.1, 0.15) is 46.1 Å². The molecular formula is C18H18N2OS2. The van der Waals surface area contributed by atoms with Gasteiger partial charge in [-0.15, -0.1) is 23.1 Å². The minimum atomic E-state index is -0.145. The molecule has 1 aromatic carbocycles. The van der Waals surface area contributed by atoms with Crippen molar-refractivity contribution in [3.05, 3.63) is 45.8 Å². The lowest BCUT2D eigenvalue weighted by Crippen LogP contribution is -2.11. The maximum atomic E-state index is 12.4. The molecule has 1 N–H and O–H groups in total. The maximum Gasteiger partial charge on any atom is 0.256 e. The average Bonchev–Trinajstić information content (AvgIpc) is 2.92. The van der Waals surface area contributed by atoms with Gasteiger partial charge in [-0.1, -0.05) is 6.92 Å². The molecule has 2 aromatic rings. The quantitative estimate of drug-likeness (QED) is 0.807. The Hall–Kier alpha value is -1.77. The topological polar surface area (TPSA) is 52.9 Å². The molecule has 3 nitrogen and oxygen atoms in total. The smallest absolute Gasteiger partial charge is 0.256 e. The summed E-state index contributed by atoms with van der Waals surface area (Å²) in [4.78, 5) is 14.9. The van der Waals surface area contributed by atoms with E-state index in [-0.39, 0.29) is 5.91 Å². The number of nitriles is 1. The SMILES string of the molecule is CCSc1ccc(C(=O)Nc2sc3c(c2C#N)CCCC3)cc1. The molecule has 23 heavy (non-hydrogen) atoms. The Morgan fingerprint density at radius 1 is 1.30 bits per heavy atom. The number of nitrogens with one attached hydrogen (secondary N) is 1. The normalized spacial score (nSPS) is 13.2. The second kappa shape index (κ2) is 7.20. The fourth-order valence-electron chi connectivity index (χ4n) is 2.82. The number of rotatable bonds is 4. The van der Waals surface area contributed by atoms with Crippen LogP contribution in [-0.2, 0) is 12.8 Å². The van der Waals surface area contributed by atoms with Crippen LogP contribution in [0.5, 0.6) is 0 Å². The molecule has 0 saturated heterocycles. The molecule has 1 aliphatic rings. The van der Waals surface area contributed by atoms with E-state index in [1.54, 1.807) is 23.1 Å². The fourth-order valence-corrected chi connectivity index (χ4v) is 4.71. The third-order valence-corrected chi connectivity index (χ3v) is 6.04. The molecule has 0 bridgehead atoms. The Labute approximate surface area is 144 Å². The largest absolute Gasteiger partial charge is 0.312 e. The number of hydrogen-bond donors (Lipinski definition) is 1. The highest BCUT2D eigenvalue weighted by Crippen LogP contribution is 2.37. The molecule has 0 atom stereocenters. The van der Waals surface area contributed by atoms with Gasteiger partial charge in [0.1, 0.15) is 11.1 Å². The van der Waals surface area contributed by atoms with Gasteiger partial charge in [0, 0.05) is 15.3 Å². The van der Waals surface area contributed by atoms with Crippen LogP contribution in [0.4, 0.5) is 5.00 Å². The van der Waals surface area contributed by atoms with Crippen LogP contribution in [0.25, 0.3) is 0 Å². The summed E-state index contributed by atoms with van der Waals surface area (Å²) in [7, 11) is 0. The Bertz CT molecular complexity index is 757. The van der Waals surface area contributed by atoms with E-state index < -0.39 is 0 Å². The van der Waals surface area contributed by atoms with Crippen molar-refractivity contribution in [2.45, 2.75) is 37.5 Å². The molecule has 0 saturated carbocycles. The number of aryl methyl sites for hydroxylation is 1. The minimum absolute atomic E-state index is 0.145. The van der Waals surface area contributed by atoms with Gasteiger partial charge in [0.05, 0.1) is 5.56 Å². The summed E-state index contributed by atoms with van der Waals surface area (Å²) in [5.74, 6) is 0.866. The van der Waals surface area contributed by atoms with Crippen molar-refractivity contribution in [1.29, 1.82) is 5.26 Å². The number of nitrogens with zero attached hydrogens (tertiary/aromatic N) is 1. The second-order valence-corrected chi connectivity index (χ2v) is 7.88. The molecule has 0 radical (unpaired) electrons. The summed E-state index contributed by atoms with van der Waals surface area (Å²) in [6, 6.07) is 9.89. The van der Waals surface area contributed by atoms with E-state index in [0.29, 0.717) is 16.1 Å². The highest BCUT2D eigenvalue weighted by Gasteiger charge is 2.22. The van der Waals surface area contributed by atoms with E-state index in [0.717, 1.165) is 35.5 Å². The molecule has 3 rings (SSSR count). The van der Waals surface area contributed by atoms with Gasteiger partial charge in [-0.3, -0.25) is 4.79 Å². The zero-order chi connectivity index (χ0) is 16.2. The first-order chi connectivity index (χ1) is 11.2. The molecule has 118 valence electrons. The van der Waals surface area contributed by atoms with Crippen LogP contribution in [0.2, 0.25) is 0 Å². The van der Waals surface area contributed by atoms with Gasteiger partial charge in [0.25, 0.3) is 5.91 Å². The number of carbonyl (C=O) groups is 1. The number of amides is 1. The van der Waals surface area contributed by atoms with E-state index in [1.165, 1.54) is 11.3 Å². The number of hydrogen-bond acceptors (Lipinski definition) is 4. The first kappa shape index (κ1) is 16.1. The second-order valence-electron chi connectivity index (χ2n) is 5.44. The summed E-state index contributed by atoms with van der Waals surface area (Å²) in [6.07, 6.45) is 4.27. The van der Waals surface area contributed by atoms with Crippen molar-refractivity contribution in [3.63, 3.8) is 0 Å². The summed E-state index contributed by atoms with van der Waals surface area (Å²) >= 11 is 3.31. The number of thiophene rings is 1. The standard InChI is InChI=1S/C18H18N2OS2/c1-2-22-13-9-7-12(8-10-13)17(21)20-18-15(11-19)14-5-3-4-6-16(14)23-18/h7-10H,2-6H2,1H3,(H,20,21). The van der Waals surface area contributed by atoms with E-state index in [4.69, 9.17) is 0 Å². The van der Waals surface area contributed by atoms with Gasteiger partial charge in [-0.05, 0) is 61.3 Å². The monoisotopic (exact) mass is 342 g/mol. The lowest BCUT2D eigenvalue weighted by molar-refractivity contribution is 0.102. The van der Waals surface area contributed by atoms with Gasteiger partial charge in [0.2, 0.25) is 0 Å². The van der Waals surface area contributed by atoms with Gasteiger partial charge < -0.3 is 5.32 Å². The van der Waals surface area contributed by atoms with E-state index in [1.807, 2.05) is 24.3 Å². The molecule has 1 aromatic heterocycles. The zero-order valence-corrected chi connectivity index (χ0v) is 14.6. The Morgan fingerprint density at radius 3 is 2.74 bits per heavy atom. The van der Waals surface area contributed by atoms with Gasteiger partial charge in [0.15, 0.2) is 0 Å². The van der Waals surface area contributed by atoms with Gasteiger partial charge in [-0.25, -0.2) is 0 Å². The van der Waals surface area contributed by atoms with Crippen molar-refractivity contribution >= 4 is 34.0 Å². The Morgan fingerprint density at radius 2 is 2.04 bits per heavy atom. The van der Waals surface area contributed by atoms with Crippen molar-refractivity contribution in [2.24, 2.45) is 0 Å². The van der Waals surface area contributed by atoms with E-state index >= 15 is 0 Å². The number of anilines is 1. The van der Waals surface area contributed by atoms with Crippen LogP contribution >= 0.6 is 23.1 Å². The third kappa shape index (κ3) is 3.44. The maximum absolute atomic E-state index is 12.4. The molecule has 1 heterocycles.